The number of rotatable bonds is 5. The van der Waals surface area contributed by atoms with E-state index in [0.29, 0.717) is 0 Å². The molecule has 0 bridgehead atoms. The zero-order valence-corrected chi connectivity index (χ0v) is 11.8. The SMILES string of the molecule is O=C(O)[C@H]1CC(=O)N(CCS(=O)(=O)c2ccc(F)cc2)C1. The van der Waals surface area contributed by atoms with Crippen LogP contribution in [0.15, 0.2) is 29.2 Å². The number of amides is 1. The van der Waals surface area contributed by atoms with Crippen LogP contribution in [-0.2, 0) is 19.4 Å². The van der Waals surface area contributed by atoms with Crippen LogP contribution in [0.25, 0.3) is 0 Å². The molecule has 1 saturated heterocycles. The topological polar surface area (TPSA) is 91.8 Å². The summed E-state index contributed by atoms with van der Waals surface area (Å²) in [5, 5.41) is 8.85. The van der Waals surface area contributed by atoms with Crippen LogP contribution in [-0.4, -0.2) is 49.1 Å². The van der Waals surface area contributed by atoms with Gasteiger partial charge in [-0.3, -0.25) is 9.59 Å². The molecule has 21 heavy (non-hydrogen) atoms. The molecule has 0 aromatic heterocycles. The van der Waals surface area contributed by atoms with E-state index in [1.54, 1.807) is 0 Å². The molecule has 2 rings (SSSR count). The van der Waals surface area contributed by atoms with Crippen molar-refractivity contribution < 1.29 is 27.5 Å². The molecular formula is C13H14FNO5S. The molecule has 0 radical (unpaired) electrons. The van der Waals surface area contributed by atoms with Crippen LogP contribution in [0, 0.1) is 11.7 Å². The number of nitrogens with zero attached hydrogens (tertiary/aromatic N) is 1. The van der Waals surface area contributed by atoms with Crippen LogP contribution in [0.1, 0.15) is 6.42 Å². The van der Waals surface area contributed by atoms with Crippen LogP contribution in [0.4, 0.5) is 4.39 Å². The lowest BCUT2D eigenvalue weighted by atomic mass is 10.1. The first-order valence-corrected chi connectivity index (χ1v) is 7.94. The first-order chi connectivity index (χ1) is 9.79. The molecule has 0 aliphatic carbocycles. The molecule has 1 heterocycles. The number of carbonyl (C=O) groups excluding carboxylic acids is 1. The average Bonchev–Trinajstić information content (AvgIpc) is 2.79. The van der Waals surface area contributed by atoms with E-state index in [1.807, 2.05) is 0 Å². The molecule has 1 aliphatic heterocycles. The number of hydrogen-bond acceptors (Lipinski definition) is 4. The Morgan fingerprint density at radius 3 is 2.48 bits per heavy atom. The van der Waals surface area contributed by atoms with Crippen LogP contribution < -0.4 is 0 Å². The molecule has 114 valence electrons. The molecule has 8 heteroatoms. The van der Waals surface area contributed by atoms with Gasteiger partial charge in [-0.2, -0.15) is 0 Å². The molecule has 1 aromatic rings. The second kappa shape index (κ2) is 5.80. The van der Waals surface area contributed by atoms with Crippen LogP contribution >= 0.6 is 0 Å². The normalized spacial score (nSPS) is 19.0. The van der Waals surface area contributed by atoms with Crippen molar-refractivity contribution in [2.75, 3.05) is 18.8 Å². The predicted octanol–water partition coefficient (Wildman–Crippen LogP) is 0.532. The number of aliphatic carboxylic acids is 1. The highest BCUT2D eigenvalue weighted by molar-refractivity contribution is 7.91. The zero-order chi connectivity index (χ0) is 15.6. The average molecular weight is 315 g/mol. The lowest BCUT2D eigenvalue weighted by Crippen LogP contribution is -2.31. The largest absolute Gasteiger partial charge is 0.481 e. The molecule has 1 fully saturated rings. The fourth-order valence-electron chi connectivity index (χ4n) is 2.14. The minimum Gasteiger partial charge on any atom is -0.481 e. The molecule has 1 N–H and O–H groups in total. The van der Waals surface area contributed by atoms with Gasteiger partial charge >= 0.3 is 5.97 Å². The standard InChI is InChI=1S/C13H14FNO5S/c14-10-1-3-11(4-2-10)21(19,20)6-5-15-8-9(13(17)18)7-12(15)16/h1-4,9H,5-8H2,(H,17,18)/t9-/m0/s1. The van der Waals surface area contributed by atoms with E-state index in [-0.39, 0.29) is 36.1 Å². The van der Waals surface area contributed by atoms with Crippen molar-refractivity contribution >= 4 is 21.7 Å². The van der Waals surface area contributed by atoms with Crippen LogP contribution in [0.3, 0.4) is 0 Å². The molecule has 0 unspecified atom stereocenters. The van der Waals surface area contributed by atoms with Crippen molar-refractivity contribution in [3.05, 3.63) is 30.1 Å². The maximum atomic E-state index is 12.8. The maximum absolute atomic E-state index is 12.8. The summed E-state index contributed by atoms with van der Waals surface area (Å²) in [6.07, 6.45) is -0.105. The van der Waals surface area contributed by atoms with Gasteiger partial charge in [0, 0.05) is 19.5 Å². The predicted molar refractivity (Wildman–Crippen MR) is 70.8 cm³/mol. The molecule has 1 atom stereocenters. The number of benzene rings is 1. The lowest BCUT2D eigenvalue weighted by Gasteiger charge is -2.15. The van der Waals surface area contributed by atoms with Crippen molar-refractivity contribution in [2.45, 2.75) is 11.3 Å². The van der Waals surface area contributed by atoms with E-state index in [4.69, 9.17) is 5.11 Å². The second-order valence-electron chi connectivity index (χ2n) is 4.85. The van der Waals surface area contributed by atoms with Crippen LogP contribution in [0.2, 0.25) is 0 Å². The van der Waals surface area contributed by atoms with Gasteiger partial charge in [-0.25, -0.2) is 12.8 Å². The number of carboxylic acids is 1. The van der Waals surface area contributed by atoms with Gasteiger partial charge < -0.3 is 10.0 Å². The summed E-state index contributed by atoms with van der Waals surface area (Å²) >= 11 is 0. The highest BCUT2D eigenvalue weighted by Crippen LogP contribution is 2.19. The minimum atomic E-state index is -3.63. The third-order valence-electron chi connectivity index (χ3n) is 3.37. The Morgan fingerprint density at radius 2 is 1.95 bits per heavy atom. The number of likely N-dealkylation sites (tertiary alicyclic amines) is 1. The van der Waals surface area contributed by atoms with Gasteiger partial charge in [-0.05, 0) is 24.3 Å². The summed E-state index contributed by atoms with van der Waals surface area (Å²) in [4.78, 5) is 23.6. The monoisotopic (exact) mass is 315 g/mol. The van der Waals surface area contributed by atoms with Crippen molar-refractivity contribution in [3.8, 4) is 0 Å². The lowest BCUT2D eigenvalue weighted by molar-refractivity contribution is -0.141. The third kappa shape index (κ3) is 3.57. The Hall–Kier alpha value is -1.96. The fraction of sp³-hybridized carbons (Fsp3) is 0.385. The van der Waals surface area contributed by atoms with E-state index in [2.05, 4.69) is 0 Å². The van der Waals surface area contributed by atoms with E-state index in [0.717, 1.165) is 24.3 Å². The van der Waals surface area contributed by atoms with E-state index in [1.165, 1.54) is 4.90 Å². The Morgan fingerprint density at radius 1 is 1.33 bits per heavy atom. The van der Waals surface area contributed by atoms with Gasteiger partial charge in [0.2, 0.25) is 5.91 Å². The molecule has 0 spiro atoms. The first kappa shape index (κ1) is 15.4. The van der Waals surface area contributed by atoms with Gasteiger partial charge in [0.05, 0.1) is 16.6 Å². The minimum absolute atomic E-state index is 0.0209. The molecule has 1 amide bonds. The quantitative estimate of drug-likeness (QED) is 0.800. The summed E-state index contributed by atoms with van der Waals surface area (Å²) in [6, 6.07) is 4.43. The molecule has 6 nitrogen and oxygen atoms in total. The van der Waals surface area contributed by atoms with Gasteiger partial charge in [-0.15, -0.1) is 0 Å². The van der Waals surface area contributed by atoms with Crippen LogP contribution in [0.5, 0.6) is 0 Å². The molecule has 0 saturated carbocycles. The maximum Gasteiger partial charge on any atom is 0.308 e. The molecule has 1 aliphatic rings. The summed E-state index contributed by atoms with van der Waals surface area (Å²) in [5.41, 5.74) is 0. The second-order valence-corrected chi connectivity index (χ2v) is 6.96. The smallest absolute Gasteiger partial charge is 0.308 e. The Balaban J connectivity index is 2.01. The van der Waals surface area contributed by atoms with Crippen molar-refractivity contribution in [3.63, 3.8) is 0 Å². The summed E-state index contributed by atoms with van der Waals surface area (Å²) in [6.45, 7) is -0.0462. The number of carboxylic acid groups (broad SMARTS) is 1. The first-order valence-electron chi connectivity index (χ1n) is 6.28. The van der Waals surface area contributed by atoms with Gasteiger partial charge in [0.1, 0.15) is 5.82 Å². The van der Waals surface area contributed by atoms with Gasteiger partial charge in [0.25, 0.3) is 0 Å². The highest BCUT2D eigenvalue weighted by Gasteiger charge is 2.34. The Kier molecular flexibility index (Phi) is 4.26. The third-order valence-corrected chi connectivity index (χ3v) is 5.08. The highest BCUT2D eigenvalue weighted by atomic mass is 32.2. The summed E-state index contributed by atoms with van der Waals surface area (Å²) in [7, 11) is -3.63. The molecule has 1 aromatic carbocycles. The Bertz CT molecular complexity index is 656. The zero-order valence-electron chi connectivity index (χ0n) is 11.0. The summed E-state index contributed by atoms with van der Waals surface area (Å²) in [5.74, 6) is -3.07. The van der Waals surface area contributed by atoms with E-state index >= 15 is 0 Å². The van der Waals surface area contributed by atoms with Gasteiger partial charge in [0.15, 0.2) is 9.84 Å². The molecular weight excluding hydrogens is 301 g/mol. The van der Waals surface area contributed by atoms with Gasteiger partial charge in [-0.1, -0.05) is 0 Å². The van der Waals surface area contributed by atoms with Crippen molar-refractivity contribution in [1.29, 1.82) is 0 Å². The number of halogens is 1. The number of carbonyl (C=O) groups is 2. The van der Waals surface area contributed by atoms with Crippen molar-refractivity contribution in [1.82, 2.24) is 4.90 Å². The Labute approximate surface area is 121 Å². The van der Waals surface area contributed by atoms with E-state index in [9.17, 15) is 22.4 Å². The van der Waals surface area contributed by atoms with Crippen molar-refractivity contribution in [2.24, 2.45) is 5.92 Å². The van der Waals surface area contributed by atoms with E-state index < -0.39 is 27.5 Å². The fourth-order valence-corrected chi connectivity index (χ4v) is 3.39. The summed E-state index contributed by atoms with van der Waals surface area (Å²) < 4.78 is 36.9. The number of hydrogen-bond donors (Lipinski definition) is 1. The number of sulfone groups is 1.